The van der Waals surface area contributed by atoms with Gasteiger partial charge in [-0.2, -0.15) is 4.98 Å². The first-order chi connectivity index (χ1) is 17.3. The number of ether oxygens (including phenoxy) is 1. The molecule has 36 heavy (non-hydrogen) atoms. The minimum absolute atomic E-state index is 0.0360. The Balaban J connectivity index is 1.48. The largest absolute Gasteiger partial charge is 0.497 e. The number of hydrogen-bond acceptors (Lipinski definition) is 7. The molecule has 0 aliphatic carbocycles. The fourth-order valence-electron chi connectivity index (χ4n) is 4.26. The standard InChI is InChI=1S/C27H26FN3O4S/c1-19-4-3-5-20(18-19)25-29-26(36(32,33)24-12-6-21(28)7-13-24)27(35-25)31-16-14-30(15-17-31)22-8-10-23(34-2)11-9-22/h3-13,18H,14-17H2,1-2H3. The molecule has 0 spiro atoms. The quantitative estimate of drug-likeness (QED) is 0.342. The topological polar surface area (TPSA) is 75.9 Å². The molecule has 1 aliphatic heterocycles. The van der Waals surface area contributed by atoms with Crippen LogP contribution in [0.5, 0.6) is 5.75 Å². The van der Waals surface area contributed by atoms with Crippen LogP contribution in [0.1, 0.15) is 5.56 Å². The third kappa shape index (κ3) is 4.66. The van der Waals surface area contributed by atoms with E-state index in [1.54, 1.807) is 7.11 Å². The second-order valence-electron chi connectivity index (χ2n) is 8.63. The van der Waals surface area contributed by atoms with Crippen molar-refractivity contribution in [2.75, 3.05) is 43.1 Å². The predicted molar refractivity (Wildman–Crippen MR) is 136 cm³/mol. The Labute approximate surface area is 209 Å². The summed E-state index contributed by atoms with van der Waals surface area (Å²) in [5.41, 5.74) is 2.75. The van der Waals surface area contributed by atoms with Gasteiger partial charge in [0.1, 0.15) is 11.6 Å². The smallest absolute Gasteiger partial charge is 0.236 e. The second kappa shape index (κ2) is 9.66. The molecule has 3 aromatic carbocycles. The summed E-state index contributed by atoms with van der Waals surface area (Å²) in [4.78, 5) is 8.54. The molecule has 0 radical (unpaired) electrons. The van der Waals surface area contributed by atoms with Gasteiger partial charge in [-0.1, -0.05) is 17.7 Å². The van der Waals surface area contributed by atoms with Crippen LogP contribution in [0.3, 0.4) is 0 Å². The molecular formula is C27H26FN3O4S. The first-order valence-electron chi connectivity index (χ1n) is 11.6. The van der Waals surface area contributed by atoms with E-state index in [1.807, 2.05) is 60.4 Å². The average Bonchev–Trinajstić information content (AvgIpc) is 3.36. The van der Waals surface area contributed by atoms with Crippen LogP contribution in [0.15, 0.2) is 87.1 Å². The van der Waals surface area contributed by atoms with E-state index in [1.165, 1.54) is 12.1 Å². The lowest BCUT2D eigenvalue weighted by atomic mass is 10.1. The van der Waals surface area contributed by atoms with Gasteiger partial charge in [-0.3, -0.25) is 0 Å². The Morgan fingerprint density at radius 2 is 1.58 bits per heavy atom. The Morgan fingerprint density at radius 3 is 2.22 bits per heavy atom. The van der Waals surface area contributed by atoms with Gasteiger partial charge >= 0.3 is 0 Å². The molecule has 7 nitrogen and oxygen atoms in total. The van der Waals surface area contributed by atoms with Crippen molar-refractivity contribution in [1.82, 2.24) is 4.98 Å². The van der Waals surface area contributed by atoms with E-state index in [0.29, 0.717) is 31.7 Å². The molecular weight excluding hydrogens is 481 g/mol. The molecule has 0 unspecified atom stereocenters. The maximum absolute atomic E-state index is 13.6. The summed E-state index contributed by atoms with van der Waals surface area (Å²) in [6, 6.07) is 20.1. The lowest BCUT2D eigenvalue weighted by Crippen LogP contribution is -2.46. The van der Waals surface area contributed by atoms with Gasteiger partial charge in [0.05, 0.1) is 12.0 Å². The summed E-state index contributed by atoms with van der Waals surface area (Å²) in [7, 11) is -2.41. The second-order valence-corrected chi connectivity index (χ2v) is 10.5. The molecule has 1 aliphatic rings. The first kappa shape index (κ1) is 23.9. The summed E-state index contributed by atoms with van der Waals surface area (Å²) in [5, 5.41) is -0.163. The van der Waals surface area contributed by atoms with Crippen molar-refractivity contribution in [2.45, 2.75) is 16.8 Å². The van der Waals surface area contributed by atoms with E-state index >= 15 is 0 Å². The van der Waals surface area contributed by atoms with Gasteiger partial charge in [0.15, 0.2) is 0 Å². The van der Waals surface area contributed by atoms with Gasteiger partial charge in [0, 0.05) is 37.4 Å². The zero-order valence-electron chi connectivity index (χ0n) is 20.0. The number of aromatic nitrogens is 1. The molecule has 2 heterocycles. The van der Waals surface area contributed by atoms with E-state index < -0.39 is 15.7 Å². The molecule has 186 valence electrons. The maximum atomic E-state index is 13.6. The number of anilines is 2. The van der Waals surface area contributed by atoms with Crippen molar-refractivity contribution in [3.8, 4) is 17.2 Å². The summed E-state index contributed by atoms with van der Waals surface area (Å²) < 4.78 is 52.0. The number of hydrogen-bond donors (Lipinski definition) is 0. The van der Waals surface area contributed by atoms with Crippen LogP contribution in [0.25, 0.3) is 11.5 Å². The van der Waals surface area contributed by atoms with Gasteiger partial charge in [0.25, 0.3) is 0 Å². The molecule has 1 fully saturated rings. The molecule has 0 N–H and O–H groups in total. The molecule has 1 saturated heterocycles. The molecule has 1 aromatic heterocycles. The Hall–Kier alpha value is -3.85. The van der Waals surface area contributed by atoms with E-state index in [0.717, 1.165) is 29.1 Å². The van der Waals surface area contributed by atoms with Gasteiger partial charge < -0.3 is 19.0 Å². The van der Waals surface area contributed by atoms with Crippen molar-refractivity contribution < 1.29 is 22.0 Å². The highest BCUT2D eigenvalue weighted by Crippen LogP contribution is 2.36. The van der Waals surface area contributed by atoms with Crippen LogP contribution in [-0.4, -0.2) is 46.7 Å². The van der Waals surface area contributed by atoms with Crippen molar-refractivity contribution in [1.29, 1.82) is 0 Å². The number of sulfone groups is 1. The van der Waals surface area contributed by atoms with E-state index in [2.05, 4.69) is 9.88 Å². The summed E-state index contributed by atoms with van der Waals surface area (Å²) in [6.45, 7) is 4.37. The van der Waals surface area contributed by atoms with E-state index in [9.17, 15) is 12.8 Å². The molecule has 4 aromatic rings. The van der Waals surface area contributed by atoms with Crippen LogP contribution >= 0.6 is 0 Å². The maximum Gasteiger partial charge on any atom is 0.236 e. The molecule has 9 heteroatoms. The molecule has 0 saturated carbocycles. The highest BCUT2D eigenvalue weighted by atomic mass is 32.2. The van der Waals surface area contributed by atoms with Crippen LogP contribution < -0.4 is 14.5 Å². The predicted octanol–water partition coefficient (Wildman–Crippen LogP) is 4.96. The Morgan fingerprint density at radius 1 is 0.917 bits per heavy atom. The van der Waals surface area contributed by atoms with Crippen LogP contribution in [0.4, 0.5) is 16.0 Å². The summed E-state index contributed by atoms with van der Waals surface area (Å²) in [5.74, 6) is 0.708. The SMILES string of the molecule is COc1ccc(N2CCN(c3oc(-c4cccc(C)c4)nc3S(=O)(=O)c3ccc(F)cc3)CC2)cc1. The lowest BCUT2D eigenvalue weighted by Gasteiger charge is -2.36. The number of oxazole rings is 1. The first-order valence-corrected chi connectivity index (χ1v) is 13.1. The highest BCUT2D eigenvalue weighted by molar-refractivity contribution is 7.91. The average molecular weight is 508 g/mol. The molecule has 0 amide bonds. The zero-order chi connectivity index (χ0) is 25.3. The van der Waals surface area contributed by atoms with Crippen molar-refractivity contribution >= 4 is 21.4 Å². The van der Waals surface area contributed by atoms with Gasteiger partial charge in [-0.15, -0.1) is 0 Å². The highest BCUT2D eigenvalue weighted by Gasteiger charge is 2.33. The van der Waals surface area contributed by atoms with Crippen LogP contribution in [-0.2, 0) is 9.84 Å². The molecule has 0 atom stereocenters. The fraction of sp³-hybridized carbons (Fsp3) is 0.222. The Bertz CT molecular complexity index is 1460. The lowest BCUT2D eigenvalue weighted by molar-refractivity contribution is 0.415. The number of aryl methyl sites for hydroxylation is 1. The summed E-state index contributed by atoms with van der Waals surface area (Å²) >= 11 is 0. The van der Waals surface area contributed by atoms with Gasteiger partial charge in [-0.25, -0.2) is 12.8 Å². The number of nitrogens with zero attached hydrogens (tertiary/aromatic N) is 3. The van der Waals surface area contributed by atoms with E-state index in [-0.39, 0.29) is 21.7 Å². The van der Waals surface area contributed by atoms with Gasteiger partial charge in [-0.05, 0) is 67.6 Å². The van der Waals surface area contributed by atoms with Crippen LogP contribution in [0.2, 0.25) is 0 Å². The van der Waals surface area contributed by atoms with Crippen molar-refractivity contribution in [3.05, 3.63) is 84.2 Å². The van der Waals surface area contributed by atoms with Crippen LogP contribution in [0, 0.1) is 12.7 Å². The van der Waals surface area contributed by atoms with E-state index in [4.69, 9.17) is 9.15 Å². The minimum Gasteiger partial charge on any atom is -0.497 e. The summed E-state index contributed by atoms with van der Waals surface area (Å²) in [6.07, 6.45) is 0. The fourth-order valence-corrected chi connectivity index (χ4v) is 5.58. The van der Waals surface area contributed by atoms with Crippen molar-refractivity contribution in [2.24, 2.45) is 0 Å². The monoisotopic (exact) mass is 507 g/mol. The third-order valence-corrected chi connectivity index (χ3v) is 7.90. The normalized spacial score (nSPS) is 14.2. The van der Waals surface area contributed by atoms with Gasteiger partial charge in [0.2, 0.25) is 26.6 Å². The Kier molecular flexibility index (Phi) is 6.40. The number of piperazine rings is 1. The number of rotatable bonds is 6. The minimum atomic E-state index is -4.05. The number of benzene rings is 3. The molecule has 5 rings (SSSR count). The number of methoxy groups -OCH3 is 1. The third-order valence-electron chi connectivity index (χ3n) is 6.23. The molecule has 0 bridgehead atoms. The number of halogens is 1. The zero-order valence-corrected chi connectivity index (χ0v) is 20.8. The van der Waals surface area contributed by atoms with Crippen molar-refractivity contribution in [3.63, 3.8) is 0 Å².